The molecule has 0 aliphatic heterocycles. The lowest BCUT2D eigenvalue weighted by atomic mass is 10.2. The van der Waals surface area contributed by atoms with E-state index in [1.54, 1.807) is 0 Å². The standard InChI is InChI=1S/C46H97F3Si3/c1-8-14-20-26-37-51(38-27-21-15-9-2,39-28-22-16-10-3)43-32-35-50(7,45-34-46(47,48)49)36-33-44-52(40-29-23-17-11-4,41-30-24-18-12-5)42-31-25-19-13-6/h8-45H2,1-7H3. The summed E-state index contributed by atoms with van der Waals surface area (Å²) in [6.45, 7) is 16.4. The van der Waals surface area contributed by atoms with Crippen LogP contribution in [0.3, 0.4) is 0 Å². The molecule has 0 aromatic heterocycles. The lowest BCUT2D eigenvalue weighted by Crippen LogP contribution is -2.37. The molecule has 0 saturated heterocycles. The molecule has 0 saturated carbocycles. The smallest absolute Gasteiger partial charge is 0.171 e. The molecule has 0 fully saturated rings. The van der Waals surface area contributed by atoms with Crippen LogP contribution >= 0.6 is 0 Å². The molecule has 0 aromatic carbocycles. The van der Waals surface area contributed by atoms with E-state index >= 15 is 0 Å². The van der Waals surface area contributed by atoms with Crippen LogP contribution < -0.4 is 0 Å². The minimum absolute atomic E-state index is 0.479. The monoisotopic (exact) mass is 791 g/mol. The van der Waals surface area contributed by atoms with E-state index in [1.165, 1.54) is 215 Å². The SMILES string of the molecule is CCCCCC[Si](CCCCCC)(CCCCCC)CCC[Si](C)(CCC[Si](CCCCCC)(CCCCCC)CCCCCC)CCC(F)(F)F. The topological polar surface area (TPSA) is 0 Å². The van der Waals surface area contributed by atoms with Gasteiger partial charge in [-0.25, -0.2) is 0 Å². The zero-order chi connectivity index (χ0) is 38.9. The summed E-state index contributed by atoms with van der Waals surface area (Å²) >= 11 is 0. The van der Waals surface area contributed by atoms with Crippen LogP contribution in [-0.2, 0) is 0 Å². The van der Waals surface area contributed by atoms with Crippen LogP contribution in [0.4, 0.5) is 13.2 Å². The van der Waals surface area contributed by atoms with Gasteiger partial charge in [0, 0.05) is 6.42 Å². The Morgan fingerprint density at radius 1 is 0.288 bits per heavy atom. The number of rotatable bonds is 40. The lowest BCUT2D eigenvalue weighted by molar-refractivity contribution is -0.130. The first-order valence-electron chi connectivity index (χ1n) is 24.1. The molecule has 0 aliphatic carbocycles. The summed E-state index contributed by atoms with van der Waals surface area (Å²) < 4.78 is 41.6. The van der Waals surface area contributed by atoms with Crippen molar-refractivity contribution in [3.8, 4) is 0 Å². The van der Waals surface area contributed by atoms with Gasteiger partial charge in [0.2, 0.25) is 0 Å². The Hall–Kier alpha value is 0.441. The highest BCUT2D eigenvalue weighted by atomic mass is 28.3. The maximum atomic E-state index is 13.9. The van der Waals surface area contributed by atoms with Crippen molar-refractivity contribution in [2.45, 2.75) is 294 Å². The number of unbranched alkanes of at least 4 members (excludes halogenated alkanes) is 18. The van der Waals surface area contributed by atoms with Crippen molar-refractivity contribution in [3.05, 3.63) is 0 Å². The summed E-state index contributed by atoms with van der Waals surface area (Å²) in [6, 6.07) is 14.6. The van der Waals surface area contributed by atoms with Gasteiger partial charge in [0.15, 0.2) is 0 Å². The maximum Gasteiger partial charge on any atom is 0.388 e. The van der Waals surface area contributed by atoms with Gasteiger partial charge in [-0.15, -0.1) is 0 Å². The van der Waals surface area contributed by atoms with E-state index in [1.807, 2.05) is 0 Å². The Bertz CT molecular complexity index is 643. The molecule has 0 aromatic rings. The molecule has 0 aliphatic rings. The molecule has 0 amide bonds. The van der Waals surface area contributed by atoms with Gasteiger partial charge in [-0.1, -0.05) is 275 Å². The van der Waals surface area contributed by atoms with Gasteiger partial charge >= 0.3 is 6.18 Å². The number of hydrogen-bond donors (Lipinski definition) is 0. The fraction of sp³-hybridized carbons (Fsp3) is 1.00. The molecule has 0 spiro atoms. The van der Waals surface area contributed by atoms with E-state index in [-0.39, 0.29) is 0 Å². The van der Waals surface area contributed by atoms with Crippen LogP contribution in [0.5, 0.6) is 0 Å². The van der Waals surface area contributed by atoms with E-state index in [9.17, 15) is 13.2 Å². The maximum absolute atomic E-state index is 13.9. The first kappa shape index (κ1) is 52.4. The Kier molecular flexibility index (Phi) is 33.9. The minimum atomic E-state index is -4.01. The normalized spacial score (nSPS) is 13.0. The molecule has 314 valence electrons. The van der Waals surface area contributed by atoms with E-state index in [0.29, 0.717) is 6.04 Å². The molecular weight excluding hydrogens is 694 g/mol. The van der Waals surface area contributed by atoms with Crippen molar-refractivity contribution in [1.29, 1.82) is 0 Å². The molecule has 0 rings (SSSR count). The molecule has 0 atom stereocenters. The van der Waals surface area contributed by atoms with E-state index in [2.05, 4.69) is 48.1 Å². The fourth-order valence-corrected chi connectivity index (χ4v) is 24.9. The molecule has 0 nitrogen and oxygen atoms in total. The summed E-state index contributed by atoms with van der Waals surface area (Å²) in [5, 5.41) is 0. The highest BCUT2D eigenvalue weighted by molar-refractivity contribution is 6.81. The Balaban J connectivity index is 6.06. The van der Waals surface area contributed by atoms with Gasteiger partial charge < -0.3 is 0 Å². The molecule has 0 N–H and O–H groups in total. The van der Waals surface area contributed by atoms with Crippen molar-refractivity contribution >= 4 is 24.2 Å². The van der Waals surface area contributed by atoms with Gasteiger partial charge in [0.1, 0.15) is 0 Å². The van der Waals surface area contributed by atoms with Gasteiger partial charge in [-0.2, -0.15) is 13.2 Å². The molecule has 0 radical (unpaired) electrons. The average Bonchev–Trinajstić information content (AvgIpc) is 3.11. The number of alkyl halides is 3. The second-order valence-electron chi connectivity index (χ2n) is 18.5. The highest BCUT2D eigenvalue weighted by Crippen LogP contribution is 2.40. The summed E-state index contributed by atoms with van der Waals surface area (Å²) in [6.07, 6.45) is 30.6. The van der Waals surface area contributed by atoms with Crippen LogP contribution in [0, 0.1) is 0 Å². The first-order chi connectivity index (χ1) is 25.0. The Morgan fingerprint density at radius 2 is 0.519 bits per heavy atom. The second kappa shape index (κ2) is 33.6. The van der Waals surface area contributed by atoms with Gasteiger partial charge in [0.05, 0.1) is 24.2 Å². The fourth-order valence-electron chi connectivity index (χ4n) is 9.66. The molecule has 6 heteroatoms. The van der Waals surface area contributed by atoms with Crippen molar-refractivity contribution in [1.82, 2.24) is 0 Å². The zero-order valence-electron chi connectivity index (χ0n) is 37.0. The van der Waals surface area contributed by atoms with Crippen LogP contribution in [-0.4, -0.2) is 30.4 Å². The summed E-state index contributed by atoms with van der Waals surface area (Å²) in [5.74, 6) is 0. The van der Waals surface area contributed by atoms with Crippen molar-refractivity contribution in [2.75, 3.05) is 0 Å². The van der Waals surface area contributed by atoms with Crippen LogP contribution in [0.2, 0.25) is 73.0 Å². The van der Waals surface area contributed by atoms with Crippen molar-refractivity contribution in [2.24, 2.45) is 0 Å². The lowest BCUT2D eigenvalue weighted by Gasteiger charge is -2.36. The Morgan fingerprint density at radius 3 is 0.731 bits per heavy atom. The quantitative estimate of drug-likeness (QED) is 0.0428. The van der Waals surface area contributed by atoms with Gasteiger partial charge in [-0.05, 0) is 6.04 Å². The molecule has 0 unspecified atom stereocenters. The second-order valence-corrected chi connectivity index (χ2v) is 33.6. The predicted molar refractivity (Wildman–Crippen MR) is 241 cm³/mol. The Labute approximate surface area is 330 Å². The minimum Gasteiger partial charge on any atom is -0.171 e. The van der Waals surface area contributed by atoms with E-state index < -0.39 is 36.8 Å². The van der Waals surface area contributed by atoms with Crippen molar-refractivity contribution in [3.63, 3.8) is 0 Å². The van der Waals surface area contributed by atoms with Crippen LogP contribution in [0.25, 0.3) is 0 Å². The molecule has 0 bridgehead atoms. The number of halogens is 3. The predicted octanol–water partition coefficient (Wildman–Crippen LogP) is 19.2. The molecular formula is C46H97F3Si3. The van der Waals surface area contributed by atoms with E-state index in [4.69, 9.17) is 0 Å². The van der Waals surface area contributed by atoms with E-state index in [0.717, 1.165) is 12.1 Å². The van der Waals surface area contributed by atoms with Crippen LogP contribution in [0.15, 0.2) is 0 Å². The summed E-state index contributed by atoms with van der Waals surface area (Å²) in [4.78, 5) is 0. The third-order valence-corrected chi connectivity index (χ3v) is 29.2. The van der Waals surface area contributed by atoms with Gasteiger partial charge in [0.25, 0.3) is 0 Å². The third-order valence-electron chi connectivity index (χ3n) is 13.4. The van der Waals surface area contributed by atoms with Crippen LogP contribution in [0.1, 0.15) is 215 Å². The first-order valence-corrected chi connectivity index (χ1v) is 32.8. The van der Waals surface area contributed by atoms with Crippen molar-refractivity contribution < 1.29 is 13.2 Å². The third kappa shape index (κ3) is 28.8. The number of hydrogen-bond acceptors (Lipinski definition) is 0. The summed E-state index contributed by atoms with van der Waals surface area (Å²) in [7, 11) is -4.85. The summed E-state index contributed by atoms with van der Waals surface area (Å²) in [5.41, 5.74) is 0. The largest absolute Gasteiger partial charge is 0.388 e. The highest BCUT2D eigenvalue weighted by Gasteiger charge is 2.38. The molecule has 52 heavy (non-hydrogen) atoms. The van der Waals surface area contributed by atoms with Gasteiger partial charge in [-0.3, -0.25) is 0 Å². The molecule has 0 heterocycles. The average molecular weight is 792 g/mol. The zero-order valence-corrected chi connectivity index (χ0v) is 40.0.